The highest BCUT2D eigenvalue weighted by atomic mass is 19.1. The minimum absolute atomic E-state index is 0.340. The minimum atomic E-state index is -0.340. The molecule has 1 unspecified atom stereocenters. The molecule has 0 spiro atoms. The third-order valence-electron chi connectivity index (χ3n) is 3.52. The number of halogens is 1. The summed E-state index contributed by atoms with van der Waals surface area (Å²) in [7, 11) is 0. The molecule has 0 fully saturated rings. The first-order chi connectivity index (χ1) is 9.99. The molecular weight excluding hydrogens is 267 g/mol. The molecule has 0 aliphatic heterocycles. The molecule has 2 aromatic rings. The maximum Gasteiger partial charge on any atom is 0.141 e. The van der Waals surface area contributed by atoms with Gasteiger partial charge in [-0.3, -0.25) is 4.98 Å². The smallest absolute Gasteiger partial charge is 0.141 e. The SMILES string of the molecule is Cc1[nH]c(CC(CN)CC(C)C)nc1-c1ccc(F)cn1. The Bertz CT molecular complexity index is 574. The van der Waals surface area contributed by atoms with Gasteiger partial charge in [-0.05, 0) is 43.9 Å². The fourth-order valence-electron chi connectivity index (χ4n) is 2.59. The van der Waals surface area contributed by atoms with Crippen molar-refractivity contribution in [3.63, 3.8) is 0 Å². The average molecular weight is 290 g/mol. The summed E-state index contributed by atoms with van der Waals surface area (Å²) in [5, 5.41) is 0. The van der Waals surface area contributed by atoms with Gasteiger partial charge in [-0.25, -0.2) is 9.37 Å². The largest absolute Gasteiger partial charge is 0.346 e. The van der Waals surface area contributed by atoms with E-state index in [4.69, 9.17) is 5.73 Å². The number of hydrogen-bond donors (Lipinski definition) is 2. The Hall–Kier alpha value is -1.75. The summed E-state index contributed by atoms with van der Waals surface area (Å²) in [6.07, 6.45) is 3.13. The number of nitrogens with zero attached hydrogens (tertiary/aromatic N) is 2. The van der Waals surface area contributed by atoms with E-state index in [1.54, 1.807) is 6.07 Å². The normalized spacial score (nSPS) is 12.9. The van der Waals surface area contributed by atoms with Gasteiger partial charge in [0.2, 0.25) is 0 Å². The van der Waals surface area contributed by atoms with Gasteiger partial charge >= 0.3 is 0 Å². The molecule has 2 rings (SSSR count). The predicted molar refractivity (Wildman–Crippen MR) is 82.2 cm³/mol. The van der Waals surface area contributed by atoms with Crippen LogP contribution in [-0.4, -0.2) is 21.5 Å². The van der Waals surface area contributed by atoms with Crippen LogP contribution in [0.1, 0.15) is 31.8 Å². The molecule has 114 valence electrons. The standard InChI is InChI=1S/C16H23FN4/c1-10(2)6-12(8-18)7-15-20-11(3)16(21-15)14-5-4-13(17)9-19-14/h4-5,9-10,12H,6-8,18H2,1-3H3,(H,20,21). The monoisotopic (exact) mass is 290 g/mol. The topological polar surface area (TPSA) is 67.6 Å². The number of nitrogens with two attached hydrogens (primary N) is 1. The molecule has 4 nitrogen and oxygen atoms in total. The highest BCUT2D eigenvalue weighted by molar-refractivity contribution is 5.56. The summed E-state index contributed by atoms with van der Waals surface area (Å²) in [6, 6.07) is 3.05. The molecule has 0 bridgehead atoms. The van der Waals surface area contributed by atoms with E-state index in [9.17, 15) is 4.39 Å². The van der Waals surface area contributed by atoms with Crippen molar-refractivity contribution in [1.29, 1.82) is 0 Å². The van der Waals surface area contributed by atoms with E-state index in [2.05, 4.69) is 28.8 Å². The Labute approximate surface area is 125 Å². The second kappa shape index (κ2) is 6.80. The molecular formula is C16H23FN4. The number of pyridine rings is 1. The number of nitrogens with one attached hydrogen (secondary N) is 1. The Morgan fingerprint density at radius 2 is 2.10 bits per heavy atom. The minimum Gasteiger partial charge on any atom is -0.346 e. The average Bonchev–Trinajstić information content (AvgIpc) is 2.79. The van der Waals surface area contributed by atoms with Gasteiger partial charge in [-0.2, -0.15) is 0 Å². The van der Waals surface area contributed by atoms with Crippen LogP contribution in [0.2, 0.25) is 0 Å². The summed E-state index contributed by atoms with van der Waals surface area (Å²) in [6.45, 7) is 7.01. The van der Waals surface area contributed by atoms with Gasteiger partial charge in [0.25, 0.3) is 0 Å². The number of aromatic nitrogens is 3. The second-order valence-electron chi connectivity index (χ2n) is 5.95. The molecule has 1 atom stereocenters. The van der Waals surface area contributed by atoms with E-state index in [0.717, 1.165) is 30.1 Å². The van der Waals surface area contributed by atoms with E-state index in [-0.39, 0.29) is 5.82 Å². The van der Waals surface area contributed by atoms with Gasteiger partial charge in [-0.1, -0.05) is 13.8 Å². The number of H-pyrrole nitrogens is 1. The molecule has 5 heteroatoms. The highest BCUT2D eigenvalue weighted by Crippen LogP contribution is 2.21. The van der Waals surface area contributed by atoms with Crippen molar-refractivity contribution in [2.75, 3.05) is 6.54 Å². The van der Waals surface area contributed by atoms with E-state index < -0.39 is 0 Å². The van der Waals surface area contributed by atoms with Gasteiger partial charge in [0.1, 0.15) is 17.3 Å². The summed E-state index contributed by atoms with van der Waals surface area (Å²) in [5.74, 6) is 1.62. The van der Waals surface area contributed by atoms with Crippen LogP contribution in [0.25, 0.3) is 11.4 Å². The maximum atomic E-state index is 12.9. The summed E-state index contributed by atoms with van der Waals surface area (Å²) in [5.41, 5.74) is 8.26. The van der Waals surface area contributed by atoms with Crippen LogP contribution in [0.5, 0.6) is 0 Å². The van der Waals surface area contributed by atoms with Gasteiger partial charge < -0.3 is 10.7 Å². The number of aromatic amines is 1. The Morgan fingerprint density at radius 3 is 2.67 bits per heavy atom. The van der Waals surface area contributed by atoms with Gasteiger partial charge in [0.05, 0.1) is 11.9 Å². The van der Waals surface area contributed by atoms with Crippen LogP contribution in [0.3, 0.4) is 0 Å². The van der Waals surface area contributed by atoms with Gasteiger partial charge in [-0.15, -0.1) is 0 Å². The van der Waals surface area contributed by atoms with Crippen LogP contribution in [0.4, 0.5) is 4.39 Å². The number of rotatable bonds is 6. The van der Waals surface area contributed by atoms with Gasteiger partial charge in [0.15, 0.2) is 0 Å². The second-order valence-corrected chi connectivity index (χ2v) is 5.95. The molecule has 0 saturated carbocycles. The third kappa shape index (κ3) is 4.11. The quantitative estimate of drug-likeness (QED) is 0.859. The number of imidazole rings is 1. The zero-order chi connectivity index (χ0) is 15.4. The lowest BCUT2D eigenvalue weighted by Gasteiger charge is -2.15. The first-order valence-electron chi connectivity index (χ1n) is 7.37. The zero-order valence-corrected chi connectivity index (χ0v) is 12.9. The Morgan fingerprint density at radius 1 is 1.33 bits per heavy atom. The highest BCUT2D eigenvalue weighted by Gasteiger charge is 2.15. The fourth-order valence-corrected chi connectivity index (χ4v) is 2.59. The molecule has 0 amide bonds. The van der Waals surface area contributed by atoms with E-state index >= 15 is 0 Å². The molecule has 0 aliphatic rings. The molecule has 0 aromatic carbocycles. The van der Waals surface area contributed by atoms with Crippen molar-refractivity contribution in [2.24, 2.45) is 17.6 Å². The summed E-state index contributed by atoms with van der Waals surface area (Å²) in [4.78, 5) is 12.0. The van der Waals surface area contributed by atoms with Crippen LogP contribution in [0.15, 0.2) is 18.3 Å². The van der Waals surface area contributed by atoms with Crippen molar-refractivity contribution < 1.29 is 4.39 Å². The van der Waals surface area contributed by atoms with Crippen LogP contribution in [-0.2, 0) is 6.42 Å². The number of aryl methyl sites for hydroxylation is 1. The lowest BCUT2D eigenvalue weighted by Crippen LogP contribution is -2.19. The van der Waals surface area contributed by atoms with E-state index in [1.807, 2.05) is 6.92 Å². The van der Waals surface area contributed by atoms with Crippen LogP contribution in [0, 0.1) is 24.6 Å². The van der Waals surface area contributed by atoms with Crippen molar-refractivity contribution in [3.8, 4) is 11.4 Å². The molecule has 0 saturated heterocycles. The molecule has 0 aliphatic carbocycles. The maximum absolute atomic E-state index is 12.9. The zero-order valence-electron chi connectivity index (χ0n) is 12.9. The van der Waals surface area contributed by atoms with Crippen LogP contribution < -0.4 is 5.73 Å². The van der Waals surface area contributed by atoms with E-state index in [0.29, 0.717) is 24.1 Å². The van der Waals surface area contributed by atoms with Gasteiger partial charge in [0, 0.05) is 12.1 Å². The molecule has 3 N–H and O–H groups in total. The Balaban J connectivity index is 2.16. The third-order valence-corrected chi connectivity index (χ3v) is 3.52. The Kier molecular flexibility index (Phi) is 5.07. The van der Waals surface area contributed by atoms with Crippen molar-refractivity contribution >= 4 is 0 Å². The van der Waals surface area contributed by atoms with E-state index in [1.165, 1.54) is 12.3 Å². The van der Waals surface area contributed by atoms with Crippen molar-refractivity contribution in [2.45, 2.75) is 33.6 Å². The van der Waals surface area contributed by atoms with Crippen molar-refractivity contribution in [1.82, 2.24) is 15.0 Å². The van der Waals surface area contributed by atoms with Crippen LogP contribution >= 0.6 is 0 Å². The lowest BCUT2D eigenvalue weighted by molar-refractivity contribution is 0.409. The molecule has 21 heavy (non-hydrogen) atoms. The molecule has 2 aromatic heterocycles. The summed E-state index contributed by atoms with van der Waals surface area (Å²) < 4.78 is 12.9. The predicted octanol–water partition coefficient (Wildman–Crippen LogP) is 3.08. The molecule has 0 radical (unpaired) electrons. The lowest BCUT2D eigenvalue weighted by atomic mass is 9.94. The van der Waals surface area contributed by atoms with Crippen molar-refractivity contribution in [3.05, 3.63) is 35.7 Å². The summed E-state index contributed by atoms with van der Waals surface area (Å²) >= 11 is 0. The number of hydrogen-bond acceptors (Lipinski definition) is 3. The first-order valence-corrected chi connectivity index (χ1v) is 7.37. The molecule has 2 heterocycles. The fraction of sp³-hybridized carbons (Fsp3) is 0.500. The first kappa shape index (κ1) is 15.6.